The molecule has 0 spiro atoms. The predicted octanol–water partition coefficient (Wildman–Crippen LogP) is 3.21. The number of hydrogen-bond acceptors (Lipinski definition) is 7. The van der Waals surface area contributed by atoms with Crippen LogP contribution in [0.2, 0.25) is 0 Å². The van der Waals surface area contributed by atoms with Crippen LogP contribution in [0.5, 0.6) is 6.01 Å². The molecule has 30 heavy (non-hydrogen) atoms. The van der Waals surface area contributed by atoms with Crippen molar-refractivity contribution < 1.29 is 18.6 Å². The lowest BCUT2D eigenvalue weighted by atomic mass is 10.1. The number of nitrogens with one attached hydrogen (secondary N) is 1. The lowest BCUT2D eigenvalue weighted by Crippen LogP contribution is -2.49. The first-order valence-electron chi connectivity index (χ1n) is 9.88. The van der Waals surface area contributed by atoms with Crippen LogP contribution in [-0.4, -0.2) is 39.8 Å². The van der Waals surface area contributed by atoms with Crippen LogP contribution in [0.3, 0.4) is 0 Å². The van der Waals surface area contributed by atoms with Crippen LogP contribution in [-0.2, 0) is 15.4 Å². The number of halogens is 1. The van der Waals surface area contributed by atoms with Gasteiger partial charge in [-0.2, -0.15) is 4.98 Å². The summed E-state index contributed by atoms with van der Waals surface area (Å²) in [5, 5.41) is 0. The average Bonchev–Trinajstić information content (AvgIpc) is 3.22. The van der Waals surface area contributed by atoms with Crippen molar-refractivity contribution in [1.29, 1.82) is 0 Å². The molecule has 3 aromatic rings. The summed E-state index contributed by atoms with van der Waals surface area (Å²) in [5.74, 6) is -1.31. The average molecular weight is 413 g/mol. The van der Waals surface area contributed by atoms with Crippen LogP contribution in [0, 0.1) is 11.7 Å². The van der Waals surface area contributed by atoms with Gasteiger partial charge in [0.2, 0.25) is 0 Å². The maximum atomic E-state index is 13.5. The van der Waals surface area contributed by atoms with Crippen LogP contribution in [0.15, 0.2) is 36.5 Å². The molecule has 158 valence electrons. The number of nitrogens with two attached hydrogens (primary N) is 1. The first-order chi connectivity index (χ1) is 14.5. The van der Waals surface area contributed by atoms with E-state index in [1.54, 1.807) is 24.4 Å². The highest BCUT2D eigenvalue weighted by Gasteiger charge is 2.38. The first kappa shape index (κ1) is 20.4. The minimum Gasteiger partial charge on any atom is -0.463 e. The van der Waals surface area contributed by atoms with Gasteiger partial charge in [-0.05, 0) is 36.8 Å². The van der Waals surface area contributed by atoms with E-state index in [1.165, 1.54) is 12.1 Å². The van der Waals surface area contributed by atoms with Gasteiger partial charge in [-0.25, -0.2) is 14.4 Å². The molecule has 1 saturated heterocycles. The third-order valence-electron chi connectivity index (χ3n) is 4.64. The van der Waals surface area contributed by atoms with E-state index < -0.39 is 5.91 Å². The van der Waals surface area contributed by atoms with E-state index in [0.29, 0.717) is 48.3 Å². The molecule has 9 heteroatoms. The van der Waals surface area contributed by atoms with Crippen molar-refractivity contribution in [2.45, 2.75) is 26.2 Å². The third-order valence-corrected chi connectivity index (χ3v) is 4.64. The van der Waals surface area contributed by atoms with Crippen molar-refractivity contribution in [3.8, 4) is 28.7 Å². The number of benzene rings is 1. The molecule has 0 unspecified atom stereocenters. The van der Waals surface area contributed by atoms with Crippen molar-refractivity contribution in [2.75, 3.05) is 19.8 Å². The van der Waals surface area contributed by atoms with E-state index >= 15 is 0 Å². The fraction of sp³-hybridized carbons (Fsp3) is 0.381. The largest absolute Gasteiger partial charge is 0.463 e. The molecule has 4 rings (SSSR count). The van der Waals surface area contributed by atoms with E-state index in [0.717, 1.165) is 6.42 Å². The molecule has 8 nitrogen and oxygen atoms in total. The molecule has 0 atom stereocenters. The lowest BCUT2D eigenvalue weighted by molar-refractivity contribution is -0.291. The molecule has 1 aliphatic heterocycles. The van der Waals surface area contributed by atoms with E-state index in [9.17, 15) is 4.39 Å². The topological polar surface area (TPSA) is 108 Å². The molecule has 0 saturated carbocycles. The third kappa shape index (κ3) is 4.18. The maximum absolute atomic E-state index is 13.5. The summed E-state index contributed by atoms with van der Waals surface area (Å²) in [6, 6.07) is 8.02. The number of hydrogen-bond donors (Lipinski definition) is 2. The zero-order valence-electron chi connectivity index (χ0n) is 16.9. The summed E-state index contributed by atoms with van der Waals surface area (Å²) in [4.78, 5) is 16.5. The molecule has 0 amide bonds. The van der Waals surface area contributed by atoms with Crippen LogP contribution in [0.1, 0.15) is 26.1 Å². The van der Waals surface area contributed by atoms with Gasteiger partial charge < -0.3 is 19.2 Å². The summed E-state index contributed by atoms with van der Waals surface area (Å²) in [7, 11) is 0. The van der Waals surface area contributed by atoms with Crippen LogP contribution in [0.25, 0.3) is 22.6 Å². The van der Waals surface area contributed by atoms with Crippen molar-refractivity contribution >= 4 is 0 Å². The fourth-order valence-corrected chi connectivity index (χ4v) is 3.04. The molecular weight excluding hydrogens is 389 g/mol. The minimum atomic E-state index is -1.51. The van der Waals surface area contributed by atoms with Gasteiger partial charge in [-0.15, -0.1) is 0 Å². The Kier molecular flexibility index (Phi) is 5.76. The van der Waals surface area contributed by atoms with Gasteiger partial charge in [0.15, 0.2) is 5.82 Å². The van der Waals surface area contributed by atoms with Gasteiger partial charge in [0, 0.05) is 17.7 Å². The first-order valence-corrected chi connectivity index (χ1v) is 9.88. The SMILES string of the molecule is CCCOc1nccc(-c2[nH]c(C3(N)OCC(C)CO3)nc2-c2ccc(F)cc2)n1. The van der Waals surface area contributed by atoms with Gasteiger partial charge in [0.05, 0.1) is 36.9 Å². The minimum absolute atomic E-state index is 0.229. The Labute approximate surface area is 173 Å². The Morgan fingerprint density at radius 2 is 1.93 bits per heavy atom. The van der Waals surface area contributed by atoms with E-state index in [4.69, 9.17) is 19.9 Å². The predicted molar refractivity (Wildman–Crippen MR) is 108 cm³/mol. The Morgan fingerprint density at radius 3 is 2.63 bits per heavy atom. The summed E-state index contributed by atoms with van der Waals surface area (Å²) in [6.07, 6.45) is 2.45. The number of ether oxygens (including phenoxy) is 3. The second-order valence-electron chi connectivity index (χ2n) is 7.28. The number of aromatic amines is 1. The Bertz CT molecular complexity index is 1000. The van der Waals surface area contributed by atoms with Crippen molar-refractivity contribution in [2.24, 2.45) is 11.7 Å². The van der Waals surface area contributed by atoms with Gasteiger partial charge >= 0.3 is 6.01 Å². The smallest absolute Gasteiger partial charge is 0.316 e. The Balaban J connectivity index is 1.78. The molecule has 1 aliphatic rings. The van der Waals surface area contributed by atoms with Crippen LogP contribution >= 0.6 is 0 Å². The van der Waals surface area contributed by atoms with Gasteiger partial charge in [0.1, 0.15) is 5.82 Å². The summed E-state index contributed by atoms with van der Waals surface area (Å²) in [6.45, 7) is 5.41. The van der Waals surface area contributed by atoms with E-state index in [2.05, 4.69) is 19.9 Å². The highest BCUT2D eigenvalue weighted by atomic mass is 19.1. The van der Waals surface area contributed by atoms with E-state index in [-0.39, 0.29) is 17.7 Å². The summed E-state index contributed by atoms with van der Waals surface area (Å²) >= 11 is 0. The fourth-order valence-electron chi connectivity index (χ4n) is 3.04. The van der Waals surface area contributed by atoms with Gasteiger partial charge in [-0.1, -0.05) is 13.8 Å². The van der Waals surface area contributed by atoms with Gasteiger partial charge in [0.25, 0.3) is 5.91 Å². The zero-order valence-corrected chi connectivity index (χ0v) is 16.9. The highest BCUT2D eigenvalue weighted by Crippen LogP contribution is 2.34. The molecule has 0 radical (unpaired) electrons. The molecule has 3 N–H and O–H groups in total. The molecule has 0 bridgehead atoms. The normalized spacial score (nSPS) is 21.5. The molecule has 0 aliphatic carbocycles. The Hall–Kier alpha value is -2.88. The Morgan fingerprint density at radius 1 is 1.20 bits per heavy atom. The quantitative estimate of drug-likeness (QED) is 0.639. The summed E-state index contributed by atoms with van der Waals surface area (Å²) in [5.41, 5.74) is 8.72. The molecule has 1 fully saturated rings. The van der Waals surface area contributed by atoms with Crippen molar-refractivity contribution in [3.63, 3.8) is 0 Å². The number of rotatable bonds is 6. The molecule has 1 aromatic carbocycles. The molecular formula is C21H24FN5O3. The molecule has 3 heterocycles. The lowest BCUT2D eigenvalue weighted by Gasteiger charge is -2.34. The molecule has 2 aromatic heterocycles. The second kappa shape index (κ2) is 8.47. The summed E-state index contributed by atoms with van der Waals surface area (Å²) < 4.78 is 30.5. The number of aromatic nitrogens is 4. The standard InChI is InChI=1S/C21H24FN5O3/c1-3-10-28-20-24-9-8-16(25-20)18-17(14-4-6-15(22)7-5-14)26-19(27-18)21(23)29-11-13(2)12-30-21/h4-9,13H,3,10-12,23H2,1-2H3,(H,26,27). The number of H-pyrrole nitrogens is 1. The van der Waals surface area contributed by atoms with Crippen molar-refractivity contribution in [1.82, 2.24) is 19.9 Å². The number of imidazole rings is 1. The highest BCUT2D eigenvalue weighted by molar-refractivity contribution is 5.76. The monoisotopic (exact) mass is 413 g/mol. The maximum Gasteiger partial charge on any atom is 0.316 e. The second-order valence-corrected chi connectivity index (χ2v) is 7.28. The van der Waals surface area contributed by atoms with Gasteiger partial charge in [-0.3, -0.25) is 5.73 Å². The van der Waals surface area contributed by atoms with E-state index in [1.807, 2.05) is 13.8 Å². The van der Waals surface area contributed by atoms with Crippen molar-refractivity contribution in [3.05, 3.63) is 48.2 Å². The number of nitrogens with zero attached hydrogens (tertiary/aromatic N) is 3. The van der Waals surface area contributed by atoms with Crippen LogP contribution in [0.4, 0.5) is 4.39 Å². The zero-order chi connectivity index (χ0) is 21.1. The van der Waals surface area contributed by atoms with Crippen LogP contribution < -0.4 is 10.5 Å².